The number of benzene rings is 1. The van der Waals surface area contributed by atoms with Gasteiger partial charge in [0, 0.05) is 12.0 Å². The Hall–Kier alpha value is -2.14. The average molecular weight is 273 g/mol. The van der Waals surface area contributed by atoms with Crippen molar-refractivity contribution in [3.63, 3.8) is 0 Å². The zero-order chi connectivity index (χ0) is 13.9. The lowest BCUT2D eigenvalue weighted by atomic mass is 10.1. The zero-order valence-electron chi connectivity index (χ0n) is 10.9. The van der Waals surface area contributed by atoms with Gasteiger partial charge < -0.3 is 14.6 Å². The maximum Gasteiger partial charge on any atom is 0.340 e. The first-order chi connectivity index (χ1) is 9.75. The molecule has 104 valence electrons. The van der Waals surface area contributed by atoms with Gasteiger partial charge in [-0.25, -0.2) is 4.79 Å². The highest BCUT2D eigenvalue weighted by Crippen LogP contribution is 2.28. The Bertz CT molecular complexity index is 635. The van der Waals surface area contributed by atoms with Crippen molar-refractivity contribution >= 4 is 16.9 Å². The van der Waals surface area contributed by atoms with Crippen LogP contribution in [0.5, 0.6) is 5.75 Å². The second kappa shape index (κ2) is 5.46. The zero-order valence-corrected chi connectivity index (χ0v) is 10.9. The number of nitrogens with zero attached hydrogens (tertiary/aromatic N) is 1. The lowest BCUT2D eigenvalue weighted by Gasteiger charge is -2.24. The highest BCUT2D eigenvalue weighted by atomic mass is 16.5. The Kier molecular flexibility index (Phi) is 3.52. The molecule has 1 aromatic carbocycles. The monoisotopic (exact) mass is 273 g/mol. The predicted octanol–water partition coefficient (Wildman–Crippen LogP) is 2.49. The van der Waals surface area contributed by atoms with Crippen LogP contribution < -0.4 is 4.74 Å². The van der Waals surface area contributed by atoms with Crippen molar-refractivity contribution in [2.75, 3.05) is 13.2 Å². The summed E-state index contributed by atoms with van der Waals surface area (Å²) < 4.78 is 11.1. The summed E-state index contributed by atoms with van der Waals surface area (Å²) in [7, 11) is 0. The minimum absolute atomic E-state index is 0.107. The summed E-state index contributed by atoms with van der Waals surface area (Å²) in [4.78, 5) is 15.8. The number of ether oxygens (including phenoxy) is 2. The fourth-order valence-electron chi connectivity index (χ4n) is 2.42. The summed E-state index contributed by atoms with van der Waals surface area (Å²) in [6, 6.07) is 7.16. The van der Waals surface area contributed by atoms with Gasteiger partial charge in [-0.1, -0.05) is 18.2 Å². The first-order valence-corrected chi connectivity index (χ1v) is 6.61. The van der Waals surface area contributed by atoms with E-state index in [2.05, 4.69) is 4.98 Å². The topological polar surface area (TPSA) is 68.7 Å². The van der Waals surface area contributed by atoms with Crippen LogP contribution in [0.1, 0.15) is 23.2 Å². The molecule has 1 atom stereocenters. The molecule has 0 bridgehead atoms. The molecular formula is C15H15NO4. The largest absolute Gasteiger partial charge is 0.485 e. The highest BCUT2D eigenvalue weighted by Gasteiger charge is 2.21. The molecule has 2 aromatic rings. The van der Waals surface area contributed by atoms with Crippen LogP contribution in [0, 0.1) is 0 Å². The Morgan fingerprint density at radius 2 is 2.25 bits per heavy atom. The summed E-state index contributed by atoms with van der Waals surface area (Å²) >= 11 is 0. The first-order valence-electron chi connectivity index (χ1n) is 6.61. The molecule has 1 aliphatic rings. The number of rotatable bonds is 3. The van der Waals surface area contributed by atoms with Crippen LogP contribution >= 0.6 is 0 Å². The van der Waals surface area contributed by atoms with Crippen LogP contribution in [0.3, 0.4) is 0 Å². The van der Waals surface area contributed by atoms with E-state index >= 15 is 0 Å². The number of aromatic nitrogens is 1. The molecule has 5 nitrogen and oxygen atoms in total. The van der Waals surface area contributed by atoms with E-state index in [0.717, 1.165) is 19.4 Å². The van der Waals surface area contributed by atoms with Gasteiger partial charge in [0.25, 0.3) is 0 Å². The van der Waals surface area contributed by atoms with E-state index in [1.165, 1.54) is 6.20 Å². The molecule has 1 aromatic heterocycles. The maximum atomic E-state index is 11.5. The van der Waals surface area contributed by atoms with Gasteiger partial charge >= 0.3 is 5.97 Å². The van der Waals surface area contributed by atoms with Crippen LogP contribution in [0.4, 0.5) is 0 Å². The van der Waals surface area contributed by atoms with Gasteiger partial charge in [-0.15, -0.1) is 0 Å². The molecule has 0 spiro atoms. The van der Waals surface area contributed by atoms with Gasteiger partial charge in [-0.2, -0.15) is 0 Å². The molecule has 0 radical (unpaired) electrons. The minimum Gasteiger partial charge on any atom is -0.485 e. The fraction of sp³-hybridized carbons (Fsp3) is 0.333. The number of hydrogen-bond acceptors (Lipinski definition) is 4. The molecular weight excluding hydrogens is 258 g/mol. The van der Waals surface area contributed by atoms with Crippen LogP contribution in [0.25, 0.3) is 10.9 Å². The molecule has 3 rings (SSSR count). The number of pyridine rings is 1. The molecule has 0 amide bonds. The first kappa shape index (κ1) is 12.9. The normalized spacial score (nSPS) is 18.9. The van der Waals surface area contributed by atoms with Crippen molar-refractivity contribution < 1.29 is 19.4 Å². The van der Waals surface area contributed by atoms with Gasteiger partial charge in [0.2, 0.25) is 0 Å². The summed E-state index contributed by atoms with van der Waals surface area (Å²) in [6.07, 6.45) is 3.17. The predicted molar refractivity (Wildman–Crippen MR) is 73.2 cm³/mol. The van der Waals surface area contributed by atoms with Gasteiger partial charge in [-0.05, 0) is 18.9 Å². The smallest absolute Gasteiger partial charge is 0.340 e. The molecule has 1 fully saturated rings. The third-order valence-corrected chi connectivity index (χ3v) is 3.37. The van der Waals surface area contributed by atoms with E-state index in [1.807, 2.05) is 6.07 Å². The second-order valence-corrected chi connectivity index (χ2v) is 4.78. The molecule has 1 N–H and O–H groups in total. The average Bonchev–Trinajstić information content (AvgIpc) is 2.47. The summed E-state index contributed by atoms with van der Waals surface area (Å²) in [5.41, 5.74) is 0.818. The third kappa shape index (κ3) is 2.44. The van der Waals surface area contributed by atoms with Gasteiger partial charge in [0.15, 0.2) is 5.75 Å². The number of carboxylic acids is 1. The van der Waals surface area contributed by atoms with Gasteiger partial charge in [0.1, 0.15) is 11.7 Å². The molecule has 2 heterocycles. The van der Waals surface area contributed by atoms with Crippen LogP contribution in [0.2, 0.25) is 0 Å². The Labute approximate surface area is 116 Å². The van der Waals surface area contributed by atoms with Crippen molar-refractivity contribution in [1.29, 1.82) is 0 Å². The highest BCUT2D eigenvalue weighted by molar-refractivity contribution is 6.04. The van der Waals surface area contributed by atoms with Crippen molar-refractivity contribution in [1.82, 2.24) is 4.98 Å². The Morgan fingerprint density at radius 1 is 1.40 bits per heavy atom. The Morgan fingerprint density at radius 3 is 3.00 bits per heavy atom. The van der Waals surface area contributed by atoms with Crippen molar-refractivity contribution in [3.05, 3.63) is 36.0 Å². The molecule has 20 heavy (non-hydrogen) atoms. The SMILES string of the molecule is O=C(O)c1c(OC2CCCOC2)cnc2ccccc12. The molecule has 0 saturated carbocycles. The van der Waals surface area contributed by atoms with Gasteiger partial charge in [0.05, 0.1) is 18.3 Å². The lowest BCUT2D eigenvalue weighted by Crippen LogP contribution is -2.28. The molecule has 0 aliphatic carbocycles. The summed E-state index contributed by atoms with van der Waals surface area (Å²) in [5, 5.41) is 10.0. The number of para-hydroxylation sites is 1. The number of aromatic carboxylic acids is 1. The van der Waals surface area contributed by atoms with Crippen LogP contribution in [0.15, 0.2) is 30.5 Å². The van der Waals surface area contributed by atoms with Crippen LogP contribution in [-0.4, -0.2) is 35.4 Å². The van der Waals surface area contributed by atoms with Crippen molar-refractivity contribution in [2.24, 2.45) is 0 Å². The van der Waals surface area contributed by atoms with Crippen molar-refractivity contribution in [2.45, 2.75) is 18.9 Å². The molecule has 1 saturated heterocycles. The molecule has 1 unspecified atom stereocenters. The minimum atomic E-state index is -1.00. The Balaban J connectivity index is 2.01. The van der Waals surface area contributed by atoms with E-state index in [-0.39, 0.29) is 11.7 Å². The van der Waals surface area contributed by atoms with E-state index in [9.17, 15) is 9.90 Å². The van der Waals surface area contributed by atoms with E-state index in [0.29, 0.717) is 23.3 Å². The molecule has 1 aliphatic heterocycles. The molecule has 5 heteroatoms. The van der Waals surface area contributed by atoms with Gasteiger partial charge in [-0.3, -0.25) is 4.98 Å². The van der Waals surface area contributed by atoms with Crippen molar-refractivity contribution in [3.8, 4) is 5.75 Å². The maximum absolute atomic E-state index is 11.5. The summed E-state index contributed by atoms with van der Waals surface area (Å²) in [5.74, 6) is -0.693. The second-order valence-electron chi connectivity index (χ2n) is 4.78. The van der Waals surface area contributed by atoms with Crippen LogP contribution in [-0.2, 0) is 4.74 Å². The fourth-order valence-corrected chi connectivity index (χ4v) is 2.42. The number of hydrogen-bond donors (Lipinski definition) is 1. The number of carboxylic acid groups (broad SMARTS) is 1. The van der Waals surface area contributed by atoms with E-state index in [4.69, 9.17) is 9.47 Å². The van der Waals surface area contributed by atoms with E-state index in [1.54, 1.807) is 18.2 Å². The summed E-state index contributed by atoms with van der Waals surface area (Å²) in [6.45, 7) is 1.23. The lowest BCUT2D eigenvalue weighted by molar-refractivity contribution is 0.00673. The quantitative estimate of drug-likeness (QED) is 0.930. The third-order valence-electron chi connectivity index (χ3n) is 3.37. The number of carbonyl (C=O) groups is 1. The van der Waals surface area contributed by atoms with E-state index < -0.39 is 5.97 Å². The number of fused-ring (bicyclic) bond motifs is 1. The standard InChI is InChI=1S/C15H15NO4/c17-15(18)14-11-5-1-2-6-12(11)16-8-13(14)20-10-4-3-7-19-9-10/h1-2,5-6,8,10H,3-4,7,9H2,(H,17,18).